The van der Waals surface area contributed by atoms with Gasteiger partial charge in [-0.3, -0.25) is 4.79 Å². The van der Waals surface area contributed by atoms with Gasteiger partial charge in [-0.2, -0.15) is 0 Å². The Labute approximate surface area is 156 Å². The number of aliphatic carboxylic acids is 1. The minimum Gasteiger partial charge on any atom is -0.481 e. The SMILES string of the molecule is CC1(C)OC(=O)C(=Cc2ccc(-c3ccc(CC(=O)O)cc3)cc2)C(=O)O1. The van der Waals surface area contributed by atoms with Crippen molar-refractivity contribution in [1.29, 1.82) is 0 Å². The summed E-state index contributed by atoms with van der Waals surface area (Å²) < 4.78 is 10.1. The van der Waals surface area contributed by atoms with Gasteiger partial charge in [0.15, 0.2) is 0 Å². The van der Waals surface area contributed by atoms with Crippen LogP contribution >= 0.6 is 0 Å². The Hall–Kier alpha value is -3.41. The van der Waals surface area contributed by atoms with Crippen LogP contribution in [0.25, 0.3) is 17.2 Å². The molecule has 0 bridgehead atoms. The maximum Gasteiger partial charge on any atom is 0.348 e. The molecule has 1 N–H and O–H groups in total. The van der Waals surface area contributed by atoms with Crippen molar-refractivity contribution in [3.05, 3.63) is 65.2 Å². The Morgan fingerprint density at radius 2 is 1.41 bits per heavy atom. The van der Waals surface area contributed by atoms with Gasteiger partial charge in [-0.15, -0.1) is 0 Å². The predicted molar refractivity (Wildman–Crippen MR) is 97.5 cm³/mol. The minimum absolute atomic E-state index is 0.0181. The van der Waals surface area contributed by atoms with Crippen LogP contribution in [0.4, 0.5) is 0 Å². The summed E-state index contributed by atoms with van der Waals surface area (Å²) in [5.74, 6) is -3.56. The highest BCUT2D eigenvalue weighted by Gasteiger charge is 2.38. The van der Waals surface area contributed by atoms with E-state index in [9.17, 15) is 14.4 Å². The van der Waals surface area contributed by atoms with Gasteiger partial charge in [0.25, 0.3) is 5.79 Å². The van der Waals surface area contributed by atoms with Crippen molar-refractivity contribution in [1.82, 2.24) is 0 Å². The Balaban J connectivity index is 1.78. The van der Waals surface area contributed by atoms with Crippen LogP contribution < -0.4 is 0 Å². The van der Waals surface area contributed by atoms with Crippen molar-refractivity contribution in [2.45, 2.75) is 26.1 Å². The molecule has 0 spiro atoms. The Bertz CT molecular complexity index is 898. The molecule has 0 radical (unpaired) electrons. The van der Waals surface area contributed by atoms with E-state index in [4.69, 9.17) is 14.6 Å². The maximum atomic E-state index is 12.0. The van der Waals surface area contributed by atoms with Gasteiger partial charge in [0.05, 0.1) is 6.42 Å². The Morgan fingerprint density at radius 3 is 1.89 bits per heavy atom. The summed E-state index contributed by atoms with van der Waals surface area (Å²) in [6.45, 7) is 2.99. The number of benzene rings is 2. The lowest BCUT2D eigenvalue weighted by Crippen LogP contribution is -2.41. The van der Waals surface area contributed by atoms with E-state index in [2.05, 4.69) is 0 Å². The fraction of sp³-hybridized carbons (Fsp3) is 0.190. The van der Waals surface area contributed by atoms with E-state index in [1.165, 1.54) is 19.9 Å². The average molecular weight is 366 g/mol. The van der Waals surface area contributed by atoms with Crippen LogP contribution in [-0.4, -0.2) is 28.8 Å². The van der Waals surface area contributed by atoms with E-state index in [-0.39, 0.29) is 12.0 Å². The van der Waals surface area contributed by atoms with E-state index < -0.39 is 23.7 Å². The summed E-state index contributed by atoms with van der Waals surface area (Å²) in [7, 11) is 0. The molecule has 2 aromatic rings. The standard InChI is InChI=1S/C21H18O6/c1-21(2)26-19(24)17(20(25)27-21)11-13-3-7-15(8-4-13)16-9-5-14(6-10-16)12-18(22)23/h3-11H,12H2,1-2H3,(H,22,23). The molecule has 6 heteroatoms. The molecule has 6 nitrogen and oxygen atoms in total. The fourth-order valence-corrected chi connectivity index (χ4v) is 2.71. The third-order valence-corrected chi connectivity index (χ3v) is 3.98. The first-order chi connectivity index (χ1) is 12.7. The molecule has 0 aliphatic carbocycles. The molecule has 2 aromatic carbocycles. The van der Waals surface area contributed by atoms with Gasteiger partial charge in [0, 0.05) is 13.8 Å². The summed E-state index contributed by atoms with van der Waals surface area (Å²) in [6.07, 6.45) is 1.41. The van der Waals surface area contributed by atoms with E-state index in [1.807, 2.05) is 24.3 Å². The van der Waals surface area contributed by atoms with E-state index in [1.54, 1.807) is 24.3 Å². The number of carbonyl (C=O) groups is 3. The Kier molecular flexibility index (Phi) is 4.81. The lowest BCUT2D eigenvalue weighted by atomic mass is 10.0. The molecule has 3 rings (SSSR count). The molecule has 1 fully saturated rings. The molecule has 0 atom stereocenters. The van der Waals surface area contributed by atoms with Crippen molar-refractivity contribution in [2.24, 2.45) is 0 Å². The van der Waals surface area contributed by atoms with Crippen LogP contribution in [0.2, 0.25) is 0 Å². The second-order valence-corrected chi connectivity index (χ2v) is 6.63. The van der Waals surface area contributed by atoms with Gasteiger partial charge in [-0.1, -0.05) is 48.5 Å². The molecule has 138 valence electrons. The summed E-state index contributed by atoms with van der Waals surface area (Å²) in [4.78, 5) is 34.7. The molecule has 1 saturated heterocycles. The smallest absolute Gasteiger partial charge is 0.348 e. The highest BCUT2D eigenvalue weighted by Crippen LogP contribution is 2.25. The van der Waals surface area contributed by atoms with Gasteiger partial charge in [0.2, 0.25) is 0 Å². The molecular weight excluding hydrogens is 348 g/mol. The van der Waals surface area contributed by atoms with Gasteiger partial charge in [0.1, 0.15) is 5.57 Å². The zero-order valence-electron chi connectivity index (χ0n) is 14.9. The summed E-state index contributed by atoms with van der Waals surface area (Å²) >= 11 is 0. The van der Waals surface area contributed by atoms with Crippen LogP contribution in [-0.2, 0) is 30.3 Å². The molecule has 0 unspecified atom stereocenters. The zero-order chi connectivity index (χ0) is 19.6. The second kappa shape index (κ2) is 7.07. The van der Waals surface area contributed by atoms with Crippen molar-refractivity contribution in [3.8, 4) is 11.1 Å². The highest BCUT2D eigenvalue weighted by atomic mass is 16.7. The number of rotatable bonds is 4. The number of esters is 2. The van der Waals surface area contributed by atoms with Crippen molar-refractivity contribution < 1.29 is 29.0 Å². The van der Waals surface area contributed by atoms with Crippen LogP contribution in [0.1, 0.15) is 25.0 Å². The van der Waals surface area contributed by atoms with Crippen LogP contribution in [0.3, 0.4) is 0 Å². The highest BCUT2D eigenvalue weighted by molar-refractivity contribution is 6.18. The zero-order valence-corrected chi connectivity index (χ0v) is 14.9. The number of carboxylic acids is 1. The van der Waals surface area contributed by atoms with Gasteiger partial charge in [-0.25, -0.2) is 9.59 Å². The van der Waals surface area contributed by atoms with E-state index >= 15 is 0 Å². The molecule has 0 amide bonds. The Morgan fingerprint density at radius 1 is 0.926 bits per heavy atom. The van der Waals surface area contributed by atoms with Crippen molar-refractivity contribution in [3.63, 3.8) is 0 Å². The molecule has 1 aliphatic rings. The van der Waals surface area contributed by atoms with Crippen LogP contribution in [0, 0.1) is 0 Å². The van der Waals surface area contributed by atoms with E-state index in [0.717, 1.165) is 16.7 Å². The summed E-state index contributed by atoms with van der Waals surface area (Å²) in [6, 6.07) is 14.5. The maximum absolute atomic E-state index is 12.0. The quantitative estimate of drug-likeness (QED) is 0.508. The third kappa shape index (κ3) is 4.41. The number of cyclic esters (lactones) is 2. The lowest BCUT2D eigenvalue weighted by Gasteiger charge is -2.29. The first-order valence-corrected chi connectivity index (χ1v) is 8.33. The first-order valence-electron chi connectivity index (χ1n) is 8.33. The van der Waals surface area contributed by atoms with Gasteiger partial charge in [-0.05, 0) is 28.3 Å². The van der Waals surface area contributed by atoms with Gasteiger partial charge >= 0.3 is 17.9 Å². The number of hydrogen-bond acceptors (Lipinski definition) is 5. The third-order valence-electron chi connectivity index (χ3n) is 3.98. The molecule has 27 heavy (non-hydrogen) atoms. The summed E-state index contributed by atoms with van der Waals surface area (Å²) in [5.41, 5.74) is 3.09. The summed E-state index contributed by atoms with van der Waals surface area (Å²) in [5, 5.41) is 8.81. The number of carbonyl (C=O) groups excluding carboxylic acids is 2. The largest absolute Gasteiger partial charge is 0.481 e. The normalized spacial score (nSPS) is 15.7. The monoisotopic (exact) mass is 366 g/mol. The minimum atomic E-state index is -1.26. The lowest BCUT2D eigenvalue weighted by molar-refractivity contribution is -0.222. The predicted octanol–water partition coefficient (Wildman–Crippen LogP) is 3.20. The van der Waals surface area contributed by atoms with Crippen molar-refractivity contribution in [2.75, 3.05) is 0 Å². The number of ether oxygens (including phenoxy) is 2. The molecule has 0 saturated carbocycles. The molecule has 1 heterocycles. The number of hydrogen-bond donors (Lipinski definition) is 1. The molecular formula is C21H18O6. The molecule has 1 aliphatic heterocycles. The fourth-order valence-electron chi connectivity index (χ4n) is 2.71. The topological polar surface area (TPSA) is 89.9 Å². The van der Waals surface area contributed by atoms with Crippen LogP contribution in [0.15, 0.2) is 54.1 Å². The molecule has 0 aromatic heterocycles. The second-order valence-electron chi connectivity index (χ2n) is 6.63. The average Bonchev–Trinajstić information content (AvgIpc) is 2.58. The van der Waals surface area contributed by atoms with Crippen molar-refractivity contribution >= 4 is 24.0 Å². The van der Waals surface area contributed by atoms with E-state index in [0.29, 0.717) is 5.56 Å². The first kappa shape index (κ1) is 18.4. The van der Waals surface area contributed by atoms with Gasteiger partial charge < -0.3 is 14.6 Å². The number of carboxylic acid groups (broad SMARTS) is 1. The van der Waals surface area contributed by atoms with Crippen LogP contribution in [0.5, 0.6) is 0 Å².